The Morgan fingerprint density at radius 1 is 1.11 bits per heavy atom. The van der Waals surface area contributed by atoms with Gasteiger partial charge in [-0.3, -0.25) is 4.79 Å². The molecule has 1 fully saturated rings. The van der Waals surface area contributed by atoms with Crippen LogP contribution in [0.1, 0.15) is 33.1 Å². The van der Waals surface area contributed by atoms with Gasteiger partial charge in [0.05, 0.1) is 17.0 Å². The van der Waals surface area contributed by atoms with Gasteiger partial charge in [-0.05, 0) is 69.6 Å². The zero-order chi connectivity index (χ0) is 26.0. The fourth-order valence-corrected chi connectivity index (χ4v) is 5.18. The fraction of sp³-hybridized carbons (Fsp3) is 0.481. The van der Waals surface area contributed by atoms with Gasteiger partial charge in [-0.2, -0.15) is 5.26 Å². The number of nitrogens with zero attached hydrogens (tertiary/aromatic N) is 3. The van der Waals surface area contributed by atoms with Gasteiger partial charge in [0.1, 0.15) is 27.7 Å². The zero-order valence-electron chi connectivity index (χ0n) is 21.6. The van der Waals surface area contributed by atoms with E-state index in [0.29, 0.717) is 24.2 Å². The number of carbonyl (C=O) groups excluding carboxylic acids is 1. The van der Waals surface area contributed by atoms with Gasteiger partial charge in [0.2, 0.25) is 5.91 Å². The third kappa shape index (κ3) is 5.89. The van der Waals surface area contributed by atoms with E-state index < -0.39 is 22.6 Å². The molecule has 0 saturated heterocycles. The summed E-state index contributed by atoms with van der Waals surface area (Å²) < 4.78 is 22.4. The molecular weight excluding hydrogens is 474 g/mol. The predicted molar refractivity (Wildman–Crippen MR) is 144 cm³/mol. The number of amides is 1. The average Bonchev–Trinajstić information content (AvgIpc) is 3.52. The molecule has 8 nitrogen and oxygen atoms in total. The summed E-state index contributed by atoms with van der Waals surface area (Å²) in [6.45, 7) is 5.87. The molecule has 9 heteroatoms. The minimum absolute atomic E-state index is 0.216. The molecule has 0 radical (unpaired) electrons. The molecule has 192 valence electrons. The Morgan fingerprint density at radius 2 is 1.86 bits per heavy atom. The normalized spacial score (nSPS) is 16.3. The van der Waals surface area contributed by atoms with Crippen molar-refractivity contribution in [3.8, 4) is 6.07 Å². The van der Waals surface area contributed by atoms with Crippen LogP contribution in [-0.2, 0) is 15.8 Å². The van der Waals surface area contributed by atoms with Gasteiger partial charge in [0.25, 0.3) is 0 Å². The van der Waals surface area contributed by atoms with E-state index in [9.17, 15) is 14.3 Å². The first-order chi connectivity index (χ1) is 17.1. The molecule has 4 rings (SSSR count). The summed E-state index contributed by atoms with van der Waals surface area (Å²) in [4.78, 5) is 17.8. The molecule has 1 aliphatic rings. The first-order valence-corrected chi connectivity index (χ1v) is 13.5. The molecule has 3 aromatic rings. The maximum Gasteiger partial charge on any atom is 0.239 e. The Labute approximate surface area is 215 Å². The molecule has 0 bridgehead atoms. The number of carbonyl (C=O) groups is 1. The average molecular weight is 510 g/mol. The number of benzene rings is 2. The van der Waals surface area contributed by atoms with Crippen molar-refractivity contribution in [3.63, 3.8) is 0 Å². The lowest BCUT2D eigenvalue weighted by Gasteiger charge is -2.21. The summed E-state index contributed by atoms with van der Waals surface area (Å²) in [6, 6.07) is 13.1. The smallest absolute Gasteiger partial charge is 0.239 e. The summed E-state index contributed by atoms with van der Waals surface area (Å²) >= 11 is 0. The van der Waals surface area contributed by atoms with Crippen molar-refractivity contribution < 1.29 is 13.4 Å². The van der Waals surface area contributed by atoms with Crippen LogP contribution < -0.4 is 14.9 Å². The molecule has 0 spiro atoms. The highest BCUT2D eigenvalue weighted by atomic mass is 32.2. The van der Waals surface area contributed by atoms with Gasteiger partial charge >= 0.3 is 0 Å². The van der Waals surface area contributed by atoms with Gasteiger partial charge in [0, 0.05) is 42.7 Å². The van der Waals surface area contributed by atoms with Gasteiger partial charge < -0.3 is 19.5 Å². The number of rotatable bonds is 11. The SMILES string of the molecule is CC(C)CC(NS(=O)c1ccc2oc3cc(N(C)CCN(C)C)ccc3c2c1)C(=O)NC1(C#N)CC1. The van der Waals surface area contributed by atoms with Crippen LogP contribution in [0.25, 0.3) is 21.9 Å². The molecule has 2 N–H and O–H groups in total. The number of nitriles is 1. The molecule has 2 unspecified atom stereocenters. The number of likely N-dealkylation sites (N-methyl/N-ethyl adjacent to an activating group) is 2. The van der Waals surface area contributed by atoms with Crippen molar-refractivity contribution >= 4 is 44.5 Å². The molecule has 1 aromatic heterocycles. The van der Waals surface area contributed by atoms with Gasteiger partial charge in [-0.15, -0.1) is 0 Å². The van der Waals surface area contributed by atoms with Crippen molar-refractivity contribution in [2.45, 2.75) is 49.6 Å². The van der Waals surface area contributed by atoms with Crippen LogP contribution >= 0.6 is 0 Å². The monoisotopic (exact) mass is 509 g/mol. The Hall–Kier alpha value is -2.93. The largest absolute Gasteiger partial charge is 0.456 e. The highest BCUT2D eigenvalue weighted by Crippen LogP contribution is 2.35. The van der Waals surface area contributed by atoms with Crippen molar-refractivity contribution in [1.29, 1.82) is 5.26 Å². The van der Waals surface area contributed by atoms with Crippen LogP contribution in [0.4, 0.5) is 5.69 Å². The number of furan rings is 1. The molecule has 2 atom stereocenters. The number of nitrogens with one attached hydrogen (secondary N) is 2. The lowest BCUT2D eigenvalue weighted by Crippen LogP contribution is -2.49. The van der Waals surface area contributed by atoms with Crippen LogP contribution in [0, 0.1) is 17.2 Å². The minimum atomic E-state index is -1.61. The van der Waals surface area contributed by atoms with Crippen LogP contribution in [0.5, 0.6) is 0 Å². The van der Waals surface area contributed by atoms with E-state index in [1.54, 1.807) is 6.07 Å². The number of hydrogen-bond acceptors (Lipinski definition) is 6. The van der Waals surface area contributed by atoms with Crippen LogP contribution in [-0.4, -0.2) is 60.8 Å². The highest BCUT2D eigenvalue weighted by molar-refractivity contribution is 7.83. The molecule has 0 aliphatic heterocycles. The maximum atomic E-state index is 13.3. The first-order valence-electron chi connectivity index (χ1n) is 12.3. The van der Waals surface area contributed by atoms with E-state index in [0.717, 1.165) is 40.7 Å². The number of anilines is 1. The second-order valence-corrected chi connectivity index (χ2v) is 11.7. The minimum Gasteiger partial charge on any atom is -0.456 e. The van der Waals surface area contributed by atoms with Crippen molar-refractivity contribution in [2.24, 2.45) is 5.92 Å². The van der Waals surface area contributed by atoms with Gasteiger partial charge in [0.15, 0.2) is 0 Å². The molecule has 1 saturated carbocycles. The zero-order valence-corrected chi connectivity index (χ0v) is 22.4. The molecule has 2 aromatic carbocycles. The molecule has 36 heavy (non-hydrogen) atoms. The van der Waals surface area contributed by atoms with Crippen molar-refractivity contribution in [1.82, 2.24) is 14.9 Å². The quantitative estimate of drug-likeness (QED) is 0.408. The second-order valence-electron chi connectivity index (χ2n) is 10.4. The fourth-order valence-electron chi connectivity index (χ4n) is 4.17. The van der Waals surface area contributed by atoms with E-state index in [1.807, 2.05) is 38.1 Å². The highest BCUT2D eigenvalue weighted by Gasteiger charge is 2.45. The van der Waals surface area contributed by atoms with Crippen molar-refractivity contribution in [2.75, 3.05) is 39.1 Å². The van der Waals surface area contributed by atoms with E-state index in [-0.39, 0.29) is 11.8 Å². The van der Waals surface area contributed by atoms with Crippen LogP contribution in [0.3, 0.4) is 0 Å². The lowest BCUT2D eigenvalue weighted by atomic mass is 10.0. The number of fused-ring (bicyclic) bond motifs is 3. The summed E-state index contributed by atoms with van der Waals surface area (Å²) in [6.07, 6.45) is 1.83. The molecule has 1 aliphatic carbocycles. The summed E-state index contributed by atoms with van der Waals surface area (Å²) in [7, 11) is 4.56. The summed E-state index contributed by atoms with van der Waals surface area (Å²) in [5.74, 6) is -0.0651. The first kappa shape index (κ1) is 26.1. The van der Waals surface area contributed by atoms with E-state index >= 15 is 0 Å². The molecule has 1 heterocycles. The van der Waals surface area contributed by atoms with E-state index in [2.05, 4.69) is 53.1 Å². The Morgan fingerprint density at radius 3 is 2.50 bits per heavy atom. The summed E-state index contributed by atoms with van der Waals surface area (Å²) in [5.41, 5.74) is 1.81. The standard InChI is InChI=1S/C27H35N5O3S/c1-18(2)14-23(26(33)29-27(17-28)10-11-27)30-36(34)20-7-9-24-22(16-20)21-8-6-19(15-25(21)35-24)32(5)13-12-31(3)4/h6-9,15-16,18,23,30H,10-14H2,1-5H3,(H,29,33). The topological polar surface area (TPSA) is 102 Å². The second kappa shape index (κ2) is 10.6. The predicted octanol–water partition coefficient (Wildman–Crippen LogP) is 3.78. The van der Waals surface area contributed by atoms with Gasteiger partial charge in [-0.25, -0.2) is 8.93 Å². The van der Waals surface area contributed by atoms with E-state index in [1.165, 1.54) is 0 Å². The Bertz CT molecular complexity index is 1320. The molecule has 1 amide bonds. The maximum absolute atomic E-state index is 13.3. The number of hydrogen-bond donors (Lipinski definition) is 2. The lowest BCUT2D eigenvalue weighted by molar-refractivity contribution is -0.123. The molecular formula is C27H35N5O3S. The van der Waals surface area contributed by atoms with Gasteiger partial charge in [-0.1, -0.05) is 13.8 Å². The van der Waals surface area contributed by atoms with Crippen molar-refractivity contribution in [3.05, 3.63) is 36.4 Å². The Kier molecular flexibility index (Phi) is 7.69. The third-order valence-corrected chi connectivity index (χ3v) is 7.74. The third-order valence-electron chi connectivity index (χ3n) is 6.56. The van der Waals surface area contributed by atoms with E-state index in [4.69, 9.17) is 4.42 Å². The van der Waals surface area contributed by atoms with Crippen LogP contribution in [0.15, 0.2) is 45.7 Å². The Balaban J connectivity index is 1.54. The van der Waals surface area contributed by atoms with Crippen LogP contribution in [0.2, 0.25) is 0 Å². The summed E-state index contributed by atoms with van der Waals surface area (Å²) in [5, 5.41) is 14.0.